The molecule has 1 unspecified atom stereocenters. The van der Waals surface area contributed by atoms with E-state index in [2.05, 4.69) is 189 Å². The Morgan fingerprint density at radius 1 is 0.414 bits per heavy atom. The second kappa shape index (κ2) is 15.7. The van der Waals surface area contributed by atoms with Crippen LogP contribution >= 0.6 is 0 Å². The normalized spacial score (nSPS) is 13.3. The van der Waals surface area contributed by atoms with Gasteiger partial charge in [-0.1, -0.05) is 204 Å². The van der Waals surface area contributed by atoms with Gasteiger partial charge in [0.1, 0.15) is 11.3 Å². The molecule has 1 aliphatic rings. The molecule has 1 atom stereocenters. The summed E-state index contributed by atoms with van der Waals surface area (Å²) >= 11 is 0. The predicted molar refractivity (Wildman–Crippen MR) is 253 cm³/mol. The molecule has 0 saturated heterocycles. The molecule has 1 aliphatic carbocycles. The molecule has 0 aliphatic heterocycles. The van der Waals surface area contributed by atoms with Crippen LogP contribution in [0.4, 0.5) is 0 Å². The monoisotopic (exact) mass is 748 g/mol. The molecule has 1 heteroatoms. The predicted octanol–water partition coefficient (Wildman–Crippen LogP) is 17.3. The fraction of sp³-hybridized carbons (Fsp3) is 0.123. The third-order valence-corrected chi connectivity index (χ3v) is 11.7. The summed E-state index contributed by atoms with van der Waals surface area (Å²) in [6, 6.07) is 62.5. The third-order valence-electron chi connectivity index (χ3n) is 11.7. The maximum Gasteiger partial charge on any atom is 0.142 e. The van der Waals surface area contributed by atoms with Crippen LogP contribution < -0.4 is 0 Å². The molecule has 282 valence electrons. The van der Waals surface area contributed by atoms with E-state index in [1.54, 1.807) is 0 Å². The first-order valence-corrected chi connectivity index (χ1v) is 21.0. The van der Waals surface area contributed by atoms with Gasteiger partial charge in [-0.05, 0) is 101 Å². The zero-order chi connectivity index (χ0) is 39.8. The van der Waals surface area contributed by atoms with Crippen molar-refractivity contribution in [2.75, 3.05) is 0 Å². The molecule has 0 fully saturated rings. The molecule has 11 rings (SSSR count). The molecule has 0 bridgehead atoms. The molecule has 1 aromatic heterocycles. The van der Waals surface area contributed by atoms with Crippen molar-refractivity contribution < 1.29 is 4.42 Å². The number of furan rings is 1. The highest BCUT2D eigenvalue weighted by Crippen LogP contribution is 2.46. The molecule has 1 heterocycles. The Morgan fingerprint density at radius 2 is 0.931 bits per heavy atom. The van der Waals surface area contributed by atoms with E-state index < -0.39 is 0 Å². The summed E-state index contributed by atoms with van der Waals surface area (Å²) in [4.78, 5) is 0. The van der Waals surface area contributed by atoms with E-state index in [9.17, 15) is 0 Å². The van der Waals surface area contributed by atoms with Gasteiger partial charge in [0, 0.05) is 22.4 Å². The van der Waals surface area contributed by atoms with Gasteiger partial charge < -0.3 is 4.42 Å². The van der Waals surface area contributed by atoms with Crippen molar-refractivity contribution in [1.29, 1.82) is 0 Å². The van der Waals surface area contributed by atoms with Crippen LogP contribution in [0.3, 0.4) is 0 Å². The van der Waals surface area contributed by atoms with E-state index in [1.807, 2.05) is 27.7 Å². The van der Waals surface area contributed by atoms with E-state index in [0.717, 1.165) is 23.3 Å². The molecule has 0 radical (unpaired) electrons. The van der Waals surface area contributed by atoms with Crippen molar-refractivity contribution in [2.45, 2.75) is 47.0 Å². The van der Waals surface area contributed by atoms with Crippen molar-refractivity contribution in [1.82, 2.24) is 0 Å². The lowest BCUT2D eigenvalue weighted by molar-refractivity contribution is 0.504. The van der Waals surface area contributed by atoms with Gasteiger partial charge in [-0.25, -0.2) is 0 Å². The Kier molecular flexibility index (Phi) is 9.98. The van der Waals surface area contributed by atoms with E-state index in [1.165, 1.54) is 93.0 Å². The van der Waals surface area contributed by atoms with Gasteiger partial charge in [0.05, 0.1) is 0 Å². The lowest BCUT2D eigenvalue weighted by Gasteiger charge is -2.19. The van der Waals surface area contributed by atoms with Gasteiger partial charge in [-0.3, -0.25) is 0 Å². The molecule has 58 heavy (non-hydrogen) atoms. The molecule has 10 aromatic rings. The number of para-hydroxylation sites is 1. The summed E-state index contributed by atoms with van der Waals surface area (Å²) < 4.78 is 6.69. The average molecular weight is 749 g/mol. The second-order valence-electron chi connectivity index (χ2n) is 14.8. The minimum atomic E-state index is 0.376. The number of rotatable bonds is 4. The van der Waals surface area contributed by atoms with Gasteiger partial charge in [-0.15, -0.1) is 0 Å². The fourth-order valence-corrected chi connectivity index (χ4v) is 9.13. The first kappa shape index (κ1) is 36.9. The highest BCUT2D eigenvalue weighted by Gasteiger charge is 2.23. The van der Waals surface area contributed by atoms with Crippen molar-refractivity contribution in [3.8, 4) is 44.5 Å². The topological polar surface area (TPSA) is 13.1 Å². The molecule has 0 N–H and O–H groups in total. The van der Waals surface area contributed by atoms with E-state index in [-0.39, 0.29) is 0 Å². The number of fused-ring (bicyclic) bond motifs is 7. The van der Waals surface area contributed by atoms with Gasteiger partial charge in [0.2, 0.25) is 0 Å². The lowest BCUT2D eigenvalue weighted by Crippen LogP contribution is -1.95. The minimum absolute atomic E-state index is 0.376. The fourth-order valence-electron chi connectivity index (χ4n) is 9.13. The number of benzene rings is 9. The largest absolute Gasteiger partial charge is 0.459 e. The summed E-state index contributed by atoms with van der Waals surface area (Å²) in [5.41, 5.74) is 12.0. The van der Waals surface area contributed by atoms with Crippen LogP contribution in [0.15, 0.2) is 180 Å². The minimum Gasteiger partial charge on any atom is -0.459 e. The highest BCUT2D eigenvalue weighted by atomic mass is 16.3. The Bertz CT molecular complexity index is 3100. The molecule has 9 aromatic carbocycles. The van der Waals surface area contributed by atoms with Gasteiger partial charge in [-0.2, -0.15) is 0 Å². The summed E-state index contributed by atoms with van der Waals surface area (Å²) in [5, 5.41) is 11.2. The number of allylic oxidation sites excluding steroid dienone is 1. The molecular weight excluding hydrogens is 701 g/mol. The first-order valence-electron chi connectivity index (χ1n) is 21.0. The Balaban J connectivity index is 0.00000106. The summed E-state index contributed by atoms with van der Waals surface area (Å²) in [7, 11) is 0. The highest BCUT2D eigenvalue weighted by molar-refractivity contribution is 6.22. The van der Waals surface area contributed by atoms with Crippen LogP contribution in [0.2, 0.25) is 0 Å². The number of hydrogen-bond donors (Lipinski definition) is 0. The SMILES string of the molecule is CC.CC.CC1CC=Cc2c1oc1c(-c3ccc(-c4cccc(-c5c6ccccc6c(-c6ccc7ccccc7c6)c6ccccc56)c4)c4ccccc34)cccc21. The standard InChI is InChI=1S/C53H36O.2C2H6/c1-33-13-10-24-48-49-26-12-25-47(53(49)54-52(33)48)42-30-29-39(40-18-4-5-19-41(40)42)36-16-11-17-37(32-36)50-43-20-6-8-22-45(43)51(46-23-9-7-21-44(46)50)38-28-27-34-14-2-3-15-35(34)31-38;2*1-2/h2-12,14-33H,13H2,1H3;2*1-2H3. The zero-order valence-electron chi connectivity index (χ0n) is 34.0. The van der Waals surface area contributed by atoms with Crippen molar-refractivity contribution in [3.05, 3.63) is 187 Å². The quantitative estimate of drug-likeness (QED) is 0.163. The van der Waals surface area contributed by atoms with Crippen LogP contribution in [0.25, 0.3) is 105 Å². The smallest absolute Gasteiger partial charge is 0.142 e. The zero-order valence-corrected chi connectivity index (χ0v) is 34.0. The summed E-state index contributed by atoms with van der Waals surface area (Å²) in [6.07, 6.45) is 5.53. The van der Waals surface area contributed by atoms with Crippen molar-refractivity contribution in [3.63, 3.8) is 0 Å². The summed E-state index contributed by atoms with van der Waals surface area (Å²) in [5.74, 6) is 1.48. The maximum atomic E-state index is 6.69. The molecule has 1 nitrogen and oxygen atoms in total. The second-order valence-corrected chi connectivity index (χ2v) is 14.8. The van der Waals surface area contributed by atoms with E-state index >= 15 is 0 Å². The van der Waals surface area contributed by atoms with Gasteiger partial charge in [0.15, 0.2) is 0 Å². The lowest BCUT2D eigenvalue weighted by atomic mass is 9.84. The van der Waals surface area contributed by atoms with Crippen LogP contribution in [-0.2, 0) is 0 Å². The van der Waals surface area contributed by atoms with Crippen LogP contribution in [0.1, 0.15) is 58.3 Å². The van der Waals surface area contributed by atoms with Crippen LogP contribution in [-0.4, -0.2) is 0 Å². The van der Waals surface area contributed by atoms with Crippen LogP contribution in [0, 0.1) is 0 Å². The molecule has 0 amide bonds. The van der Waals surface area contributed by atoms with E-state index in [0.29, 0.717) is 5.92 Å². The molecule has 0 saturated carbocycles. The Labute approximate surface area is 341 Å². The maximum absolute atomic E-state index is 6.69. The Morgan fingerprint density at radius 3 is 1.60 bits per heavy atom. The summed E-state index contributed by atoms with van der Waals surface area (Å²) in [6.45, 7) is 10.3. The molecule has 0 spiro atoms. The third kappa shape index (κ3) is 6.10. The first-order chi connectivity index (χ1) is 28.7. The number of hydrogen-bond acceptors (Lipinski definition) is 1. The van der Waals surface area contributed by atoms with E-state index in [4.69, 9.17) is 4.42 Å². The van der Waals surface area contributed by atoms with Crippen molar-refractivity contribution >= 4 is 60.1 Å². The van der Waals surface area contributed by atoms with Gasteiger partial charge in [0.25, 0.3) is 0 Å². The van der Waals surface area contributed by atoms with Crippen molar-refractivity contribution in [2.24, 2.45) is 0 Å². The molecular formula is C57H48O. The van der Waals surface area contributed by atoms with Crippen LogP contribution in [0.5, 0.6) is 0 Å². The Hall–Kier alpha value is -6.70. The van der Waals surface area contributed by atoms with Gasteiger partial charge >= 0.3 is 0 Å². The average Bonchev–Trinajstić information content (AvgIpc) is 3.69.